The molecule has 0 nitrogen and oxygen atoms in total. The van der Waals surface area contributed by atoms with Crippen molar-refractivity contribution < 1.29 is 0 Å². The molecule has 0 unspecified atom stereocenters. The Labute approximate surface area is 101 Å². The molecule has 16 heavy (non-hydrogen) atoms. The van der Waals surface area contributed by atoms with E-state index in [1.165, 1.54) is 36.8 Å². The quantitative estimate of drug-likeness (QED) is 0.639. The summed E-state index contributed by atoms with van der Waals surface area (Å²) in [7, 11) is 0. The summed E-state index contributed by atoms with van der Waals surface area (Å²) in [6.45, 7) is 9.18. The van der Waals surface area contributed by atoms with Crippen LogP contribution in [-0.2, 0) is 12.8 Å². The zero-order chi connectivity index (χ0) is 12.0. The van der Waals surface area contributed by atoms with E-state index in [9.17, 15) is 0 Å². The van der Waals surface area contributed by atoms with Crippen molar-refractivity contribution in [1.82, 2.24) is 0 Å². The smallest absolute Gasteiger partial charge is 0.0276 e. The van der Waals surface area contributed by atoms with Gasteiger partial charge in [-0.3, -0.25) is 0 Å². The molecule has 0 bridgehead atoms. The number of benzene rings is 1. The molecule has 0 spiro atoms. The van der Waals surface area contributed by atoms with Crippen LogP contribution in [0.5, 0.6) is 0 Å². The molecular weight excluding hydrogens is 192 g/mol. The molecule has 0 amide bonds. The Balaban J connectivity index is 2.50. The van der Waals surface area contributed by atoms with Crippen molar-refractivity contribution in [2.24, 2.45) is 11.8 Å². The standard InChI is InChI=1S/C16H26/c1-13(2)8-10-15-6-5-7-16(12-15)11-9-14(3)4/h5-7,12-14H,8-11H2,1-4H3. The van der Waals surface area contributed by atoms with Crippen molar-refractivity contribution in [1.29, 1.82) is 0 Å². The lowest BCUT2D eigenvalue weighted by Gasteiger charge is -2.08. The first-order valence-corrected chi connectivity index (χ1v) is 6.65. The molecule has 0 saturated carbocycles. The van der Waals surface area contributed by atoms with Gasteiger partial charge in [-0.2, -0.15) is 0 Å². The lowest BCUT2D eigenvalue weighted by Crippen LogP contribution is -1.95. The van der Waals surface area contributed by atoms with Gasteiger partial charge >= 0.3 is 0 Å². The van der Waals surface area contributed by atoms with Crippen molar-refractivity contribution in [2.75, 3.05) is 0 Å². The highest BCUT2D eigenvalue weighted by atomic mass is 14.1. The maximum atomic E-state index is 2.39. The largest absolute Gasteiger partial charge is 0.0628 e. The van der Waals surface area contributed by atoms with E-state index < -0.39 is 0 Å². The molecule has 0 radical (unpaired) electrons. The average Bonchev–Trinajstić information content (AvgIpc) is 2.24. The molecule has 0 fully saturated rings. The summed E-state index contributed by atoms with van der Waals surface area (Å²) in [6, 6.07) is 9.14. The number of rotatable bonds is 6. The van der Waals surface area contributed by atoms with Gasteiger partial charge in [0.2, 0.25) is 0 Å². The molecule has 0 heterocycles. The number of aryl methyl sites for hydroxylation is 2. The van der Waals surface area contributed by atoms with Gasteiger partial charge in [-0.1, -0.05) is 52.0 Å². The van der Waals surface area contributed by atoms with Gasteiger partial charge in [0.1, 0.15) is 0 Å². The summed E-state index contributed by atoms with van der Waals surface area (Å²) in [6.07, 6.45) is 5.06. The van der Waals surface area contributed by atoms with E-state index >= 15 is 0 Å². The van der Waals surface area contributed by atoms with Crippen LogP contribution in [0.2, 0.25) is 0 Å². The van der Waals surface area contributed by atoms with E-state index in [2.05, 4.69) is 52.0 Å². The third-order valence-electron chi connectivity index (χ3n) is 3.01. The van der Waals surface area contributed by atoms with Crippen LogP contribution < -0.4 is 0 Å². The van der Waals surface area contributed by atoms with Gasteiger partial charge in [-0.25, -0.2) is 0 Å². The Bertz CT molecular complexity index is 269. The lowest BCUT2D eigenvalue weighted by molar-refractivity contribution is 0.581. The van der Waals surface area contributed by atoms with Gasteiger partial charge in [0.05, 0.1) is 0 Å². The Kier molecular flexibility index (Phi) is 5.59. The van der Waals surface area contributed by atoms with Gasteiger partial charge in [0.25, 0.3) is 0 Å². The molecule has 90 valence electrons. The van der Waals surface area contributed by atoms with E-state index in [0.29, 0.717) is 0 Å². The molecule has 0 heteroatoms. The van der Waals surface area contributed by atoms with Crippen molar-refractivity contribution in [3.8, 4) is 0 Å². The van der Waals surface area contributed by atoms with Crippen molar-refractivity contribution >= 4 is 0 Å². The first-order valence-electron chi connectivity index (χ1n) is 6.65. The van der Waals surface area contributed by atoms with Crippen LogP contribution in [0.4, 0.5) is 0 Å². The second-order valence-corrected chi connectivity index (χ2v) is 5.68. The van der Waals surface area contributed by atoms with Gasteiger partial charge in [-0.05, 0) is 48.6 Å². The summed E-state index contributed by atoms with van der Waals surface area (Å²) in [5.41, 5.74) is 3.02. The van der Waals surface area contributed by atoms with E-state index in [-0.39, 0.29) is 0 Å². The normalized spacial score (nSPS) is 11.4. The van der Waals surface area contributed by atoms with Crippen LogP contribution in [-0.4, -0.2) is 0 Å². The number of hydrogen-bond acceptors (Lipinski definition) is 0. The summed E-state index contributed by atoms with van der Waals surface area (Å²) in [4.78, 5) is 0. The van der Waals surface area contributed by atoms with Crippen molar-refractivity contribution in [3.63, 3.8) is 0 Å². The fraction of sp³-hybridized carbons (Fsp3) is 0.625. The van der Waals surface area contributed by atoms with Crippen LogP contribution in [0.1, 0.15) is 51.7 Å². The highest BCUT2D eigenvalue weighted by Crippen LogP contribution is 2.14. The first kappa shape index (κ1) is 13.3. The highest BCUT2D eigenvalue weighted by molar-refractivity contribution is 5.23. The van der Waals surface area contributed by atoms with E-state index in [1.807, 2.05) is 0 Å². The van der Waals surface area contributed by atoms with Gasteiger partial charge in [0.15, 0.2) is 0 Å². The summed E-state index contributed by atoms with van der Waals surface area (Å²) >= 11 is 0. The molecule has 1 aromatic rings. The predicted octanol–water partition coefficient (Wildman–Crippen LogP) is 4.86. The second-order valence-electron chi connectivity index (χ2n) is 5.68. The van der Waals surface area contributed by atoms with Crippen LogP contribution in [0.3, 0.4) is 0 Å². The minimum absolute atomic E-state index is 0.805. The van der Waals surface area contributed by atoms with Gasteiger partial charge < -0.3 is 0 Å². The monoisotopic (exact) mass is 218 g/mol. The van der Waals surface area contributed by atoms with Crippen LogP contribution in [0, 0.1) is 11.8 Å². The minimum Gasteiger partial charge on any atom is -0.0628 e. The van der Waals surface area contributed by atoms with Crippen LogP contribution >= 0.6 is 0 Å². The van der Waals surface area contributed by atoms with Gasteiger partial charge in [0, 0.05) is 0 Å². The van der Waals surface area contributed by atoms with Crippen molar-refractivity contribution in [2.45, 2.75) is 53.4 Å². The third kappa shape index (κ3) is 5.34. The first-order chi connectivity index (χ1) is 7.58. The number of hydrogen-bond donors (Lipinski definition) is 0. The zero-order valence-corrected chi connectivity index (χ0v) is 11.3. The molecule has 0 aliphatic carbocycles. The zero-order valence-electron chi connectivity index (χ0n) is 11.3. The topological polar surface area (TPSA) is 0 Å². The molecule has 1 rings (SSSR count). The molecule has 0 aliphatic heterocycles. The third-order valence-corrected chi connectivity index (χ3v) is 3.01. The average molecular weight is 218 g/mol. The van der Waals surface area contributed by atoms with Crippen LogP contribution in [0.25, 0.3) is 0 Å². The Morgan fingerprint density at radius 2 is 1.25 bits per heavy atom. The molecule has 0 aromatic heterocycles. The molecule has 0 saturated heterocycles. The second kappa shape index (κ2) is 6.73. The fourth-order valence-electron chi connectivity index (χ4n) is 1.85. The van der Waals surface area contributed by atoms with Crippen molar-refractivity contribution in [3.05, 3.63) is 35.4 Å². The van der Waals surface area contributed by atoms with E-state index in [4.69, 9.17) is 0 Å². The Morgan fingerprint density at radius 1 is 0.812 bits per heavy atom. The van der Waals surface area contributed by atoms with Crippen LogP contribution in [0.15, 0.2) is 24.3 Å². The molecule has 0 aliphatic rings. The maximum Gasteiger partial charge on any atom is -0.0276 e. The SMILES string of the molecule is CC(C)CCc1cccc(CCC(C)C)c1. The minimum atomic E-state index is 0.805. The summed E-state index contributed by atoms with van der Waals surface area (Å²) in [5, 5.41) is 0. The van der Waals surface area contributed by atoms with E-state index in [1.54, 1.807) is 0 Å². The van der Waals surface area contributed by atoms with E-state index in [0.717, 1.165) is 11.8 Å². The Morgan fingerprint density at radius 3 is 1.62 bits per heavy atom. The lowest BCUT2D eigenvalue weighted by atomic mass is 9.98. The predicted molar refractivity (Wildman–Crippen MR) is 72.8 cm³/mol. The summed E-state index contributed by atoms with van der Waals surface area (Å²) < 4.78 is 0. The fourth-order valence-corrected chi connectivity index (χ4v) is 1.85. The Hall–Kier alpha value is -0.780. The molecule has 0 atom stereocenters. The maximum absolute atomic E-state index is 2.39. The summed E-state index contributed by atoms with van der Waals surface area (Å²) in [5.74, 6) is 1.61. The van der Waals surface area contributed by atoms with Gasteiger partial charge in [-0.15, -0.1) is 0 Å². The highest BCUT2D eigenvalue weighted by Gasteiger charge is 2.00. The molecule has 1 aromatic carbocycles. The molecular formula is C16H26. The molecule has 0 N–H and O–H groups in total.